The van der Waals surface area contributed by atoms with Gasteiger partial charge in [-0.05, 0) is 50.4 Å². The van der Waals surface area contributed by atoms with Gasteiger partial charge >= 0.3 is 0 Å². The summed E-state index contributed by atoms with van der Waals surface area (Å²) in [5, 5.41) is 4.25. The third-order valence-corrected chi connectivity index (χ3v) is 4.48. The Balaban J connectivity index is 1.96. The van der Waals surface area contributed by atoms with E-state index in [0.717, 1.165) is 54.4 Å². The highest BCUT2D eigenvalue weighted by atomic mass is 35.5. The number of aryl methyl sites for hydroxylation is 1. The maximum absolute atomic E-state index is 6.38. The van der Waals surface area contributed by atoms with Crippen molar-refractivity contribution in [1.29, 1.82) is 0 Å². The minimum absolute atomic E-state index is 0.752. The number of fused-ring (bicyclic) bond motifs is 1. The van der Waals surface area contributed by atoms with Crippen LogP contribution in [0, 0.1) is 5.92 Å². The fraction of sp³-hybridized carbons (Fsp3) is 0.562. The number of para-hydroxylation sites is 1. The van der Waals surface area contributed by atoms with E-state index in [4.69, 9.17) is 16.6 Å². The van der Waals surface area contributed by atoms with Crippen LogP contribution in [0.2, 0.25) is 5.02 Å². The van der Waals surface area contributed by atoms with Crippen LogP contribution in [0.15, 0.2) is 18.2 Å². The number of hydrogen-bond donors (Lipinski definition) is 1. The summed E-state index contributed by atoms with van der Waals surface area (Å²) in [4.78, 5) is 4.84. The Hall–Kier alpha value is -1.06. The fourth-order valence-corrected chi connectivity index (χ4v) is 3.43. The molecule has 0 spiro atoms. The molecule has 3 nitrogen and oxygen atoms in total. The zero-order valence-electron chi connectivity index (χ0n) is 12.0. The molecule has 2 aromatic rings. The van der Waals surface area contributed by atoms with Gasteiger partial charge in [-0.1, -0.05) is 24.6 Å². The van der Waals surface area contributed by atoms with E-state index < -0.39 is 0 Å². The van der Waals surface area contributed by atoms with Crippen molar-refractivity contribution in [2.24, 2.45) is 5.92 Å². The molecule has 0 unspecified atom stereocenters. The molecule has 1 aliphatic heterocycles. The van der Waals surface area contributed by atoms with E-state index in [1.165, 1.54) is 18.7 Å². The molecule has 0 saturated carbocycles. The average Bonchev–Trinajstić information content (AvgIpc) is 2.80. The summed E-state index contributed by atoms with van der Waals surface area (Å²) < 4.78 is 2.33. The highest BCUT2D eigenvalue weighted by Crippen LogP contribution is 2.27. The third-order valence-electron chi connectivity index (χ3n) is 4.17. The van der Waals surface area contributed by atoms with Crippen LogP contribution in [0.5, 0.6) is 0 Å². The molecule has 0 aliphatic carbocycles. The van der Waals surface area contributed by atoms with Crippen LogP contribution in [0.4, 0.5) is 0 Å². The SMILES string of the molecule is CCCn1c(CC2CCNCC2)nc2cccc(Cl)c21. The summed E-state index contributed by atoms with van der Waals surface area (Å²) in [6, 6.07) is 6.02. The number of rotatable bonds is 4. The number of nitrogens with zero attached hydrogens (tertiary/aromatic N) is 2. The van der Waals surface area contributed by atoms with Crippen LogP contribution in [0.3, 0.4) is 0 Å². The first-order valence-electron chi connectivity index (χ1n) is 7.64. The third kappa shape index (κ3) is 2.70. The summed E-state index contributed by atoms with van der Waals surface area (Å²) in [7, 11) is 0. The van der Waals surface area contributed by atoms with Crippen molar-refractivity contribution in [1.82, 2.24) is 14.9 Å². The van der Waals surface area contributed by atoms with E-state index in [0.29, 0.717) is 0 Å². The molecule has 1 aromatic carbocycles. The molecule has 1 N–H and O–H groups in total. The number of hydrogen-bond acceptors (Lipinski definition) is 2. The van der Waals surface area contributed by atoms with Crippen LogP contribution in [-0.4, -0.2) is 22.6 Å². The minimum atomic E-state index is 0.752. The maximum Gasteiger partial charge on any atom is 0.110 e. The lowest BCUT2D eigenvalue weighted by Gasteiger charge is -2.22. The van der Waals surface area contributed by atoms with E-state index in [1.54, 1.807) is 0 Å². The van der Waals surface area contributed by atoms with Gasteiger partial charge in [0.15, 0.2) is 0 Å². The summed E-state index contributed by atoms with van der Waals surface area (Å²) in [5.41, 5.74) is 2.15. The smallest absolute Gasteiger partial charge is 0.110 e. The van der Waals surface area contributed by atoms with E-state index in [-0.39, 0.29) is 0 Å². The van der Waals surface area contributed by atoms with Crippen LogP contribution in [0.25, 0.3) is 11.0 Å². The first-order chi connectivity index (χ1) is 9.79. The number of benzene rings is 1. The summed E-state index contributed by atoms with van der Waals surface area (Å²) >= 11 is 6.38. The Morgan fingerprint density at radius 2 is 2.15 bits per heavy atom. The van der Waals surface area contributed by atoms with Crippen molar-refractivity contribution in [3.05, 3.63) is 29.0 Å². The highest BCUT2D eigenvalue weighted by molar-refractivity contribution is 6.35. The second kappa shape index (κ2) is 6.15. The quantitative estimate of drug-likeness (QED) is 0.932. The lowest BCUT2D eigenvalue weighted by atomic mass is 9.94. The monoisotopic (exact) mass is 291 g/mol. The van der Waals surface area contributed by atoms with E-state index in [1.807, 2.05) is 12.1 Å². The topological polar surface area (TPSA) is 29.9 Å². The molecule has 0 atom stereocenters. The molecular formula is C16H22ClN3. The summed E-state index contributed by atoms with van der Waals surface area (Å²) in [5.74, 6) is 1.96. The minimum Gasteiger partial charge on any atom is -0.327 e. The first kappa shape index (κ1) is 13.9. The van der Waals surface area contributed by atoms with Crippen LogP contribution >= 0.6 is 11.6 Å². The second-order valence-corrected chi connectivity index (χ2v) is 6.09. The summed E-state index contributed by atoms with van der Waals surface area (Å²) in [6.07, 6.45) is 4.69. The van der Waals surface area contributed by atoms with Crippen molar-refractivity contribution >= 4 is 22.6 Å². The number of imidazole rings is 1. The van der Waals surface area contributed by atoms with Crippen LogP contribution in [-0.2, 0) is 13.0 Å². The predicted molar refractivity (Wildman–Crippen MR) is 84.3 cm³/mol. The van der Waals surface area contributed by atoms with Crippen LogP contribution < -0.4 is 5.32 Å². The Morgan fingerprint density at radius 1 is 1.35 bits per heavy atom. The Morgan fingerprint density at radius 3 is 2.90 bits per heavy atom. The standard InChI is InChI=1S/C16H22ClN3/c1-2-10-20-15(11-12-6-8-18-9-7-12)19-14-5-3-4-13(17)16(14)20/h3-5,12,18H,2,6-11H2,1H3. The van der Waals surface area contributed by atoms with Gasteiger partial charge in [0.1, 0.15) is 5.82 Å². The molecule has 1 aliphatic rings. The Labute approximate surface area is 125 Å². The van der Waals surface area contributed by atoms with E-state index in [9.17, 15) is 0 Å². The van der Waals surface area contributed by atoms with Gasteiger partial charge in [-0.3, -0.25) is 0 Å². The van der Waals surface area contributed by atoms with Gasteiger partial charge in [0.25, 0.3) is 0 Å². The average molecular weight is 292 g/mol. The number of nitrogens with one attached hydrogen (secondary N) is 1. The number of halogens is 1. The van der Waals surface area contributed by atoms with Gasteiger partial charge in [-0.15, -0.1) is 0 Å². The maximum atomic E-state index is 6.38. The van der Waals surface area contributed by atoms with E-state index in [2.05, 4.69) is 22.9 Å². The fourth-order valence-electron chi connectivity index (χ4n) is 3.15. The van der Waals surface area contributed by atoms with Gasteiger partial charge in [-0.25, -0.2) is 4.98 Å². The zero-order valence-corrected chi connectivity index (χ0v) is 12.8. The zero-order chi connectivity index (χ0) is 13.9. The molecule has 1 fully saturated rings. The number of aromatic nitrogens is 2. The van der Waals surface area contributed by atoms with Crippen molar-refractivity contribution in [3.63, 3.8) is 0 Å². The molecule has 1 aromatic heterocycles. The molecule has 0 bridgehead atoms. The molecule has 0 amide bonds. The van der Waals surface area contributed by atoms with Crippen molar-refractivity contribution in [3.8, 4) is 0 Å². The van der Waals surface area contributed by atoms with Gasteiger partial charge < -0.3 is 9.88 Å². The molecule has 20 heavy (non-hydrogen) atoms. The molecule has 108 valence electrons. The lowest BCUT2D eigenvalue weighted by Crippen LogP contribution is -2.29. The molecule has 4 heteroatoms. The normalized spacial score (nSPS) is 16.9. The van der Waals surface area contributed by atoms with E-state index >= 15 is 0 Å². The van der Waals surface area contributed by atoms with Gasteiger partial charge in [0.05, 0.1) is 16.1 Å². The second-order valence-electron chi connectivity index (χ2n) is 5.68. The Bertz CT molecular complexity index is 585. The van der Waals surface area contributed by atoms with Crippen molar-refractivity contribution in [2.75, 3.05) is 13.1 Å². The molecular weight excluding hydrogens is 270 g/mol. The molecule has 3 rings (SSSR count). The highest BCUT2D eigenvalue weighted by Gasteiger charge is 2.19. The predicted octanol–water partition coefficient (Wildman–Crippen LogP) is 3.64. The van der Waals surface area contributed by atoms with Gasteiger partial charge in [-0.2, -0.15) is 0 Å². The van der Waals surface area contributed by atoms with Crippen molar-refractivity contribution < 1.29 is 0 Å². The number of piperidine rings is 1. The molecule has 2 heterocycles. The summed E-state index contributed by atoms with van der Waals surface area (Å²) in [6.45, 7) is 5.48. The molecule has 0 radical (unpaired) electrons. The first-order valence-corrected chi connectivity index (χ1v) is 8.01. The van der Waals surface area contributed by atoms with Crippen molar-refractivity contribution in [2.45, 2.75) is 39.2 Å². The Kier molecular flexibility index (Phi) is 4.27. The lowest BCUT2D eigenvalue weighted by molar-refractivity contribution is 0.363. The molecule has 1 saturated heterocycles. The van der Waals surface area contributed by atoms with Gasteiger partial charge in [0, 0.05) is 13.0 Å². The van der Waals surface area contributed by atoms with Crippen LogP contribution in [0.1, 0.15) is 32.0 Å². The largest absolute Gasteiger partial charge is 0.327 e. The van der Waals surface area contributed by atoms with Gasteiger partial charge in [0.2, 0.25) is 0 Å².